The van der Waals surface area contributed by atoms with Gasteiger partial charge in [-0.25, -0.2) is 4.79 Å². The van der Waals surface area contributed by atoms with Crippen molar-refractivity contribution in [3.8, 4) is 0 Å². The van der Waals surface area contributed by atoms with Gasteiger partial charge >= 0.3 is 12.0 Å². The van der Waals surface area contributed by atoms with E-state index in [1.807, 2.05) is 0 Å². The number of carbonyl (C=O) groups is 3. The molecule has 1 aliphatic rings. The van der Waals surface area contributed by atoms with E-state index in [0.717, 1.165) is 25.7 Å². The van der Waals surface area contributed by atoms with E-state index in [-0.39, 0.29) is 18.6 Å². The van der Waals surface area contributed by atoms with Gasteiger partial charge in [-0.05, 0) is 31.6 Å². The molecule has 0 radical (unpaired) electrons. The number of hydrogen-bond donors (Lipinski definition) is 4. The molecule has 0 aliphatic heterocycles. The number of amides is 3. The summed E-state index contributed by atoms with van der Waals surface area (Å²) < 4.78 is 0. The number of hydrogen-bond acceptors (Lipinski definition) is 3. The summed E-state index contributed by atoms with van der Waals surface area (Å²) in [4.78, 5) is 32.9. The Bertz CT molecular complexity index is 338. The Hall–Kier alpha value is -1.79. The van der Waals surface area contributed by atoms with E-state index in [4.69, 9.17) is 5.11 Å². The van der Waals surface area contributed by atoms with Gasteiger partial charge in [-0.3, -0.25) is 9.59 Å². The van der Waals surface area contributed by atoms with E-state index >= 15 is 0 Å². The molecule has 1 rings (SSSR count). The monoisotopic (exact) mass is 271 g/mol. The van der Waals surface area contributed by atoms with Crippen molar-refractivity contribution in [1.29, 1.82) is 0 Å². The zero-order valence-electron chi connectivity index (χ0n) is 11.1. The molecule has 0 aromatic heterocycles. The number of carboxylic acids is 1. The van der Waals surface area contributed by atoms with Crippen LogP contribution in [0.25, 0.3) is 0 Å². The molecule has 1 saturated carbocycles. The molecule has 0 bridgehead atoms. The van der Waals surface area contributed by atoms with Crippen molar-refractivity contribution < 1.29 is 19.5 Å². The summed E-state index contributed by atoms with van der Waals surface area (Å²) in [5.41, 5.74) is 0. The minimum Gasteiger partial charge on any atom is -0.480 e. The first kappa shape index (κ1) is 15.3. The molecule has 108 valence electrons. The SMILES string of the molecule is CC1CCC(NC(=O)NCC(=O)NCC(=O)O)CC1. The van der Waals surface area contributed by atoms with E-state index in [2.05, 4.69) is 22.9 Å². The van der Waals surface area contributed by atoms with Gasteiger partial charge in [-0.2, -0.15) is 0 Å². The van der Waals surface area contributed by atoms with Crippen molar-refractivity contribution in [2.45, 2.75) is 38.6 Å². The van der Waals surface area contributed by atoms with Crippen LogP contribution in [-0.2, 0) is 9.59 Å². The number of rotatable bonds is 5. The van der Waals surface area contributed by atoms with Crippen molar-refractivity contribution in [1.82, 2.24) is 16.0 Å². The summed E-state index contributed by atoms with van der Waals surface area (Å²) >= 11 is 0. The molecule has 7 nitrogen and oxygen atoms in total. The minimum absolute atomic E-state index is 0.165. The number of carboxylic acid groups (broad SMARTS) is 1. The van der Waals surface area contributed by atoms with Crippen molar-refractivity contribution in [2.24, 2.45) is 5.92 Å². The van der Waals surface area contributed by atoms with Crippen LogP contribution < -0.4 is 16.0 Å². The Labute approximate surface area is 112 Å². The number of urea groups is 1. The number of nitrogens with one attached hydrogen (secondary N) is 3. The lowest BCUT2D eigenvalue weighted by Crippen LogP contribution is -2.47. The highest BCUT2D eigenvalue weighted by Crippen LogP contribution is 2.23. The third kappa shape index (κ3) is 6.64. The number of carbonyl (C=O) groups excluding carboxylic acids is 2. The molecule has 0 aromatic rings. The Morgan fingerprint density at radius 3 is 2.26 bits per heavy atom. The average Bonchev–Trinajstić information content (AvgIpc) is 2.36. The lowest BCUT2D eigenvalue weighted by Gasteiger charge is -2.26. The lowest BCUT2D eigenvalue weighted by atomic mass is 9.87. The Kier molecular flexibility index (Phi) is 6.11. The van der Waals surface area contributed by atoms with Crippen molar-refractivity contribution >= 4 is 17.9 Å². The standard InChI is InChI=1S/C12H21N3O4/c1-8-2-4-9(5-3-8)15-12(19)14-6-10(16)13-7-11(17)18/h8-9H,2-7H2,1H3,(H,13,16)(H,17,18)(H2,14,15,19). The Morgan fingerprint density at radius 2 is 1.68 bits per heavy atom. The minimum atomic E-state index is -1.12. The van der Waals surface area contributed by atoms with Crippen LogP contribution in [0.4, 0.5) is 4.79 Å². The molecule has 1 aliphatic carbocycles. The highest BCUT2D eigenvalue weighted by molar-refractivity contribution is 5.86. The van der Waals surface area contributed by atoms with E-state index in [1.165, 1.54) is 0 Å². The van der Waals surface area contributed by atoms with Gasteiger partial charge in [0.25, 0.3) is 0 Å². The predicted molar refractivity (Wildman–Crippen MR) is 68.6 cm³/mol. The Morgan fingerprint density at radius 1 is 1.05 bits per heavy atom. The van der Waals surface area contributed by atoms with Gasteiger partial charge in [-0.1, -0.05) is 6.92 Å². The van der Waals surface area contributed by atoms with Crippen LogP contribution >= 0.6 is 0 Å². The van der Waals surface area contributed by atoms with Gasteiger partial charge in [0.2, 0.25) is 5.91 Å². The second-order valence-corrected chi connectivity index (χ2v) is 4.95. The molecule has 0 unspecified atom stereocenters. The fourth-order valence-corrected chi connectivity index (χ4v) is 2.04. The zero-order valence-corrected chi connectivity index (χ0v) is 11.1. The zero-order chi connectivity index (χ0) is 14.3. The summed E-state index contributed by atoms with van der Waals surface area (Å²) in [5.74, 6) is -0.924. The van der Waals surface area contributed by atoms with Crippen LogP contribution in [0.2, 0.25) is 0 Å². The average molecular weight is 271 g/mol. The molecule has 0 aromatic carbocycles. The molecular formula is C12H21N3O4. The van der Waals surface area contributed by atoms with Crippen LogP contribution in [0, 0.1) is 5.92 Å². The number of aliphatic carboxylic acids is 1. The van der Waals surface area contributed by atoms with Gasteiger partial charge in [0, 0.05) is 6.04 Å². The van der Waals surface area contributed by atoms with E-state index in [1.54, 1.807) is 0 Å². The molecule has 0 atom stereocenters. The quantitative estimate of drug-likeness (QED) is 0.567. The summed E-state index contributed by atoms with van der Waals surface area (Å²) in [7, 11) is 0. The maximum atomic E-state index is 11.5. The van der Waals surface area contributed by atoms with Crippen molar-refractivity contribution in [2.75, 3.05) is 13.1 Å². The first-order chi connectivity index (χ1) is 8.97. The van der Waals surface area contributed by atoms with Crippen molar-refractivity contribution in [3.05, 3.63) is 0 Å². The van der Waals surface area contributed by atoms with Crippen molar-refractivity contribution in [3.63, 3.8) is 0 Å². The Balaban J connectivity index is 2.13. The molecule has 19 heavy (non-hydrogen) atoms. The molecule has 7 heteroatoms. The molecule has 3 amide bonds. The smallest absolute Gasteiger partial charge is 0.322 e. The highest BCUT2D eigenvalue weighted by atomic mass is 16.4. The van der Waals surface area contributed by atoms with Crippen LogP contribution in [0.1, 0.15) is 32.6 Å². The van der Waals surface area contributed by atoms with Gasteiger partial charge in [-0.15, -0.1) is 0 Å². The lowest BCUT2D eigenvalue weighted by molar-refractivity contribution is -0.137. The fraction of sp³-hybridized carbons (Fsp3) is 0.750. The second-order valence-electron chi connectivity index (χ2n) is 4.95. The molecule has 4 N–H and O–H groups in total. The maximum absolute atomic E-state index is 11.5. The summed E-state index contributed by atoms with van der Waals surface area (Å²) in [6, 6.07) is -0.219. The molecular weight excluding hydrogens is 250 g/mol. The van der Waals surface area contributed by atoms with E-state index in [0.29, 0.717) is 5.92 Å². The van der Waals surface area contributed by atoms with Gasteiger partial charge in [0.15, 0.2) is 0 Å². The summed E-state index contributed by atoms with van der Waals surface area (Å²) in [6.45, 7) is 1.54. The first-order valence-corrected chi connectivity index (χ1v) is 6.50. The van der Waals surface area contributed by atoms with Gasteiger partial charge in [0.1, 0.15) is 6.54 Å². The molecule has 1 fully saturated rings. The van der Waals surface area contributed by atoms with Crippen LogP contribution in [-0.4, -0.2) is 42.1 Å². The largest absolute Gasteiger partial charge is 0.480 e. The summed E-state index contributed by atoms with van der Waals surface area (Å²) in [6.07, 6.45) is 4.12. The normalized spacial score (nSPS) is 22.4. The molecule has 0 spiro atoms. The highest BCUT2D eigenvalue weighted by Gasteiger charge is 2.19. The van der Waals surface area contributed by atoms with Crippen LogP contribution in [0.5, 0.6) is 0 Å². The topological polar surface area (TPSA) is 108 Å². The van der Waals surface area contributed by atoms with E-state index in [9.17, 15) is 14.4 Å². The first-order valence-electron chi connectivity index (χ1n) is 6.50. The third-order valence-corrected chi connectivity index (χ3v) is 3.20. The molecule has 0 saturated heterocycles. The maximum Gasteiger partial charge on any atom is 0.322 e. The van der Waals surface area contributed by atoms with E-state index < -0.39 is 18.4 Å². The van der Waals surface area contributed by atoms with Gasteiger partial charge < -0.3 is 21.1 Å². The fourth-order valence-electron chi connectivity index (χ4n) is 2.04. The van der Waals surface area contributed by atoms with Crippen LogP contribution in [0.3, 0.4) is 0 Å². The molecule has 0 heterocycles. The van der Waals surface area contributed by atoms with Crippen LogP contribution in [0.15, 0.2) is 0 Å². The van der Waals surface area contributed by atoms with Gasteiger partial charge in [0.05, 0.1) is 6.54 Å². The predicted octanol–water partition coefficient (Wildman–Crippen LogP) is 0.0651. The summed E-state index contributed by atoms with van der Waals surface area (Å²) in [5, 5.41) is 15.8. The third-order valence-electron chi connectivity index (χ3n) is 3.20. The second kappa shape index (κ2) is 7.60.